The predicted octanol–water partition coefficient (Wildman–Crippen LogP) is 3.12. The Morgan fingerprint density at radius 2 is 1.90 bits per heavy atom. The minimum atomic E-state index is -3.89. The number of carbonyl (C=O) groups excluding carboxylic acids is 1. The molecule has 7 nitrogen and oxygen atoms in total. The number of hydrogen-bond acceptors (Lipinski definition) is 6. The van der Waals surface area contributed by atoms with Gasteiger partial charge in [0.05, 0.1) is 19.2 Å². The van der Waals surface area contributed by atoms with E-state index in [0.717, 1.165) is 22.5 Å². The SMILES string of the molecule is COc1ccc(F)cc1-c1ccc(CC(=O)N(C)c2nc(C)c(S(N)(=O)=O)s2)cc1. The van der Waals surface area contributed by atoms with Crippen LogP contribution in [0.4, 0.5) is 9.52 Å². The summed E-state index contributed by atoms with van der Waals surface area (Å²) < 4.78 is 42.0. The number of nitrogens with zero attached hydrogens (tertiary/aromatic N) is 2. The third-order valence-electron chi connectivity index (χ3n) is 4.44. The van der Waals surface area contributed by atoms with Crippen molar-refractivity contribution in [1.82, 2.24) is 4.98 Å². The van der Waals surface area contributed by atoms with Crippen molar-refractivity contribution in [1.29, 1.82) is 0 Å². The lowest BCUT2D eigenvalue weighted by atomic mass is 10.0. The summed E-state index contributed by atoms with van der Waals surface area (Å²) in [6.07, 6.45) is 0.0837. The van der Waals surface area contributed by atoms with Gasteiger partial charge in [-0.25, -0.2) is 22.9 Å². The van der Waals surface area contributed by atoms with Crippen LogP contribution in [-0.4, -0.2) is 33.5 Å². The lowest BCUT2D eigenvalue weighted by Gasteiger charge is -2.14. The molecule has 2 aromatic carbocycles. The summed E-state index contributed by atoms with van der Waals surface area (Å²) in [4.78, 5) is 18.1. The second-order valence-corrected chi connectivity index (χ2v) is 9.32. The number of sulfonamides is 1. The third-order valence-corrected chi connectivity index (χ3v) is 7.23. The zero-order valence-electron chi connectivity index (χ0n) is 16.5. The largest absolute Gasteiger partial charge is 0.496 e. The number of aryl methyl sites for hydroxylation is 1. The fourth-order valence-electron chi connectivity index (χ4n) is 2.88. The van der Waals surface area contributed by atoms with Crippen molar-refractivity contribution in [2.24, 2.45) is 5.14 Å². The Hall–Kier alpha value is -2.82. The van der Waals surface area contributed by atoms with Crippen molar-refractivity contribution in [3.63, 3.8) is 0 Å². The number of benzene rings is 2. The quantitative estimate of drug-likeness (QED) is 0.623. The van der Waals surface area contributed by atoms with Gasteiger partial charge in [0.1, 0.15) is 11.6 Å². The Morgan fingerprint density at radius 1 is 1.23 bits per heavy atom. The highest BCUT2D eigenvalue weighted by Gasteiger charge is 2.22. The molecule has 3 aromatic rings. The van der Waals surface area contributed by atoms with Gasteiger partial charge in [-0.15, -0.1) is 0 Å². The molecule has 0 aliphatic rings. The van der Waals surface area contributed by atoms with Crippen LogP contribution in [0.15, 0.2) is 46.7 Å². The van der Waals surface area contributed by atoms with Gasteiger partial charge in [0.2, 0.25) is 15.9 Å². The van der Waals surface area contributed by atoms with E-state index in [1.165, 1.54) is 38.1 Å². The molecule has 0 fully saturated rings. The van der Waals surface area contributed by atoms with Crippen molar-refractivity contribution < 1.29 is 22.3 Å². The first-order valence-electron chi connectivity index (χ1n) is 8.80. The molecule has 0 bridgehead atoms. The molecule has 0 aliphatic heterocycles. The Labute approximate surface area is 178 Å². The molecule has 0 saturated carbocycles. The van der Waals surface area contributed by atoms with Crippen molar-refractivity contribution in [3.8, 4) is 16.9 Å². The van der Waals surface area contributed by atoms with Crippen LogP contribution in [0.2, 0.25) is 0 Å². The number of anilines is 1. The monoisotopic (exact) mass is 449 g/mol. The summed E-state index contributed by atoms with van der Waals surface area (Å²) in [6, 6.07) is 11.4. The van der Waals surface area contributed by atoms with Crippen molar-refractivity contribution in [3.05, 3.63) is 59.5 Å². The van der Waals surface area contributed by atoms with E-state index in [2.05, 4.69) is 4.98 Å². The van der Waals surface area contributed by atoms with E-state index in [0.29, 0.717) is 11.3 Å². The fraction of sp³-hybridized carbons (Fsp3) is 0.200. The zero-order valence-corrected chi connectivity index (χ0v) is 18.2. The average Bonchev–Trinajstić information content (AvgIpc) is 3.10. The average molecular weight is 450 g/mol. The Bertz CT molecular complexity index is 1190. The van der Waals surface area contributed by atoms with Crippen LogP contribution in [0.5, 0.6) is 5.75 Å². The molecule has 2 N–H and O–H groups in total. The van der Waals surface area contributed by atoms with Gasteiger partial charge >= 0.3 is 0 Å². The van der Waals surface area contributed by atoms with Crippen LogP contribution in [-0.2, 0) is 21.2 Å². The molecule has 30 heavy (non-hydrogen) atoms. The van der Waals surface area contributed by atoms with Crippen molar-refractivity contribution >= 4 is 32.4 Å². The number of aromatic nitrogens is 1. The van der Waals surface area contributed by atoms with Gasteiger partial charge in [0.25, 0.3) is 0 Å². The van der Waals surface area contributed by atoms with Crippen molar-refractivity contribution in [2.75, 3.05) is 19.1 Å². The maximum atomic E-state index is 13.6. The molecule has 10 heteroatoms. The maximum absolute atomic E-state index is 13.6. The fourth-order valence-corrected chi connectivity index (χ4v) is 4.81. The molecule has 0 radical (unpaired) electrons. The summed E-state index contributed by atoms with van der Waals surface area (Å²) in [7, 11) is -0.847. The molecular weight excluding hydrogens is 429 g/mol. The molecule has 0 unspecified atom stereocenters. The number of hydrogen-bond donors (Lipinski definition) is 1. The van der Waals surface area contributed by atoms with Crippen LogP contribution in [0.25, 0.3) is 11.1 Å². The van der Waals surface area contributed by atoms with Crippen LogP contribution >= 0.6 is 11.3 Å². The van der Waals surface area contributed by atoms with Gasteiger partial charge in [-0.2, -0.15) is 0 Å². The third kappa shape index (κ3) is 4.66. The predicted molar refractivity (Wildman–Crippen MR) is 114 cm³/mol. The molecule has 1 aromatic heterocycles. The van der Waals surface area contributed by atoms with E-state index in [-0.39, 0.29) is 33.2 Å². The van der Waals surface area contributed by atoms with Gasteiger partial charge in [-0.05, 0) is 36.2 Å². The highest BCUT2D eigenvalue weighted by atomic mass is 32.2. The molecular formula is C20H20FN3O4S2. The highest BCUT2D eigenvalue weighted by molar-refractivity contribution is 7.91. The number of methoxy groups -OCH3 is 1. The standard InChI is InChI=1S/C20H20FN3O4S2/c1-12-19(30(22,26)27)29-20(23-12)24(2)18(25)10-13-4-6-14(7-5-13)16-11-15(21)8-9-17(16)28-3/h4-9,11H,10H2,1-3H3,(H2,22,26,27). The minimum Gasteiger partial charge on any atom is -0.496 e. The first-order valence-corrected chi connectivity index (χ1v) is 11.2. The van der Waals surface area contributed by atoms with Crippen LogP contribution in [0, 0.1) is 12.7 Å². The van der Waals surface area contributed by atoms with Gasteiger partial charge < -0.3 is 4.74 Å². The maximum Gasteiger partial charge on any atom is 0.249 e. The highest BCUT2D eigenvalue weighted by Crippen LogP contribution is 2.31. The normalized spacial score (nSPS) is 11.4. The van der Waals surface area contributed by atoms with Gasteiger partial charge in [-0.3, -0.25) is 9.69 Å². The summed E-state index contributed by atoms with van der Waals surface area (Å²) in [5.41, 5.74) is 2.36. The summed E-state index contributed by atoms with van der Waals surface area (Å²) in [5.74, 6) is -0.0881. The van der Waals surface area contributed by atoms with Gasteiger partial charge in [0, 0.05) is 12.6 Å². The zero-order chi connectivity index (χ0) is 22.1. The smallest absolute Gasteiger partial charge is 0.249 e. The number of halogens is 1. The van der Waals surface area contributed by atoms with Crippen molar-refractivity contribution in [2.45, 2.75) is 17.6 Å². The molecule has 0 spiro atoms. The topological polar surface area (TPSA) is 103 Å². The van der Waals surface area contributed by atoms with Crippen LogP contribution in [0.3, 0.4) is 0 Å². The molecule has 0 aliphatic carbocycles. The number of carbonyl (C=O) groups is 1. The number of likely N-dealkylation sites (N-methyl/N-ethyl adjacent to an activating group) is 1. The Kier molecular flexibility index (Phi) is 6.20. The first kappa shape index (κ1) is 21.9. The number of nitrogens with two attached hydrogens (primary N) is 1. The number of primary sulfonamides is 1. The number of amides is 1. The van der Waals surface area contributed by atoms with Gasteiger partial charge in [0.15, 0.2) is 9.34 Å². The Morgan fingerprint density at radius 3 is 2.47 bits per heavy atom. The molecule has 0 atom stereocenters. The Balaban J connectivity index is 1.77. The lowest BCUT2D eigenvalue weighted by molar-refractivity contribution is -0.117. The van der Waals surface area contributed by atoms with E-state index in [1.54, 1.807) is 30.3 Å². The van der Waals surface area contributed by atoms with E-state index in [9.17, 15) is 17.6 Å². The molecule has 3 rings (SSSR count). The van der Waals surface area contributed by atoms with E-state index < -0.39 is 10.0 Å². The lowest BCUT2D eigenvalue weighted by Crippen LogP contribution is -2.27. The number of rotatable bonds is 6. The molecule has 1 heterocycles. The summed E-state index contributed by atoms with van der Waals surface area (Å²) in [5, 5.41) is 5.42. The first-order chi connectivity index (χ1) is 14.1. The molecule has 158 valence electrons. The van der Waals surface area contributed by atoms with E-state index >= 15 is 0 Å². The summed E-state index contributed by atoms with van der Waals surface area (Å²) in [6.45, 7) is 1.53. The van der Waals surface area contributed by atoms with Crippen LogP contribution < -0.4 is 14.8 Å². The minimum absolute atomic E-state index is 0.0643. The van der Waals surface area contributed by atoms with E-state index in [1.807, 2.05) is 0 Å². The molecule has 1 amide bonds. The van der Waals surface area contributed by atoms with E-state index in [4.69, 9.17) is 9.88 Å². The molecule has 0 saturated heterocycles. The van der Waals surface area contributed by atoms with Gasteiger partial charge in [-0.1, -0.05) is 35.6 Å². The van der Waals surface area contributed by atoms with Crippen LogP contribution in [0.1, 0.15) is 11.3 Å². The number of thiazole rings is 1. The second kappa shape index (κ2) is 8.50. The summed E-state index contributed by atoms with van der Waals surface area (Å²) >= 11 is 0.850. The number of ether oxygens (including phenoxy) is 1. The second-order valence-electron chi connectivity index (χ2n) is 6.59.